The Hall–Kier alpha value is -1.49. The molecular weight excluding hydrogens is 244 g/mol. The predicted octanol–water partition coefficient (Wildman–Crippen LogP) is 2.11. The van der Waals surface area contributed by atoms with E-state index in [1.807, 2.05) is 0 Å². The molecule has 0 spiro atoms. The molecule has 1 aliphatic rings. The van der Waals surface area contributed by atoms with E-state index in [2.05, 4.69) is 9.97 Å². The van der Waals surface area contributed by atoms with Gasteiger partial charge in [0.25, 0.3) is 0 Å². The highest BCUT2D eigenvalue weighted by molar-refractivity contribution is 5.90. The van der Waals surface area contributed by atoms with Gasteiger partial charge in [0.05, 0.1) is 17.9 Å². The number of hydrogen-bond donors (Lipinski definition) is 0. The van der Waals surface area contributed by atoms with Gasteiger partial charge in [-0.05, 0) is 26.2 Å². The number of hydrogen-bond acceptors (Lipinski definition) is 5. The monoisotopic (exact) mass is 264 g/mol. The van der Waals surface area contributed by atoms with Crippen LogP contribution in [-0.4, -0.2) is 36.3 Å². The maximum Gasteiger partial charge on any atom is 0.341 e. The number of esters is 1. The molecule has 104 valence electrons. The second kappa shape index (κ2) is 6.61. The van der Waals surface area contributed by atoms with Gasteiger partial charge in [-0.2, -0.15) is 0 Å². The summed E-state index contributed by atoms with van der Waals surface area (Å²) < 4.78 is 10.1. The summed E-state index contributed by atoms with van der Waals surface area (Å²) in [6.07, 6.45) is 5.47. The minimum Gasteiger partial charge on any atom is -0.462 e. The zero-order chi connectivity index (χ0) is 13.7. The third-order valence-electron chi connectivity index (χ3n) is 3.08. The second-order valence-electron chi connectivity index (χ2n) is 4.68. The summed E-state index contributed by atoms with van der Waals surface area (Å²) >= 11 is 0. The van der Waals surface area contributed by atoms with Gasteiger partial charge in [-0.1, -0.05) is 0 Å². The standard InChI is InChI=1S/C14H20N2O3/c1-3-19-14(17)11-9-15-12(5-4-8-18-2)16-13(11)10-6-7-10/h9-10H,3-8H2,1-2H3. The average molecular weight is 264 g/mol. The molecule has 0 N–H and O–H groups in total. The first-order chi connectivity index (χ1) is 9.26. The quantitative estimate of drug-likeness (QED) is 0.557. The van der Waals surface area contributed by atoms with Crippen molar-refractivity contribution in [2.75, 3.05) is 20.3 Å². The molecule has 1 saturated carbocycles. The zero-order valence-corrected chi connectivity index (χ0v) is 11.5. The van der Waals surface area contributed by atoms with Gasteiger partial charge < -0.3 is 9.47 Å². The first kappa shape index (κ1) is 13.9. The van der Waals surface area contributed by atoms with Gasteiger partial charge in [0.2, 0.25) is 0 Å². The molecule has 0 atom stereocenters. The number of nitrogens with zero attached hydrogens (tertiary/aromatic N) is 2. The maximum absolute atomic E-state index is 11.8. The summed E-state index contributed by atoms with van der Waals surface area (Å²) in [5, 5.41) is 0. The predicted molar refractivity (Wildman–Crippen MR) is 70.2 cm³/mol. The number of ether oxygens (including phenoxy) is 2. The largest absolute Gasteiger partial charge is 0.462 e. The van der Waals surface area contributed by atoms with E-state index in [4.69, 9.17) is 9.47 Å². The van der Waals surface area contributed by atoms with Crippen LogP contribution in [0.2, 0.25) is 0 Å². The van der Waals surface area contributed by atoms with Crippen molar-refractivity contribution >= 4 is 5.97 Å². The van der Waals surface area contributed by atoms with Crippen LogP contribution in [0.1, 0.15) is 54.0 Å². The SMILES string of the molecule is CCOC(=O)c1cnc(CCCOC)nc1C1CC1. The van der Waals surface area contributed by atoms with Crippen molar-refractivity contribution in [1.82, 2.24) is 9.97 Å². The number of aromatic nitrogens is 2. The first-order valence-corrected chi connectivity index (χ1v) is 6.78. The molecule has 5 heteroatoms. The fourth-order valence-electron chi connectivity index (χ4n) is 1.96. The molecule has 1 fully saturated rings. The summed E-state index contributed by atoms with van der Waals surface area (Å²) in [6.45, 7) is 2.87. The second-order valence-corrected chi connectivity index (χ2v) is 4.68. The van der Waals surface area contributed by atoms with Crippen LogP contribution < -0.4 is 0 Å². The minimum absolute atomic E-state index is 0.312. The highest BCUT2D eigenvalue weighted by atomic mass is 16.5. The molecule has 0 bridgehead atoms. The van der Waals surface area contributed by atoms with Crippen molar-refractivity contribution in [2.24, 2.45) is 0 Å². The Morgan fingerprint density at radius 2 is 2.26 bits per heavy atom. The molecular formula is C14H20N2O3. The Kier molecular flexibility index (Phi) is 4.85. The summed E-state index contributed by atoms with van der Waals surface area (Å²) in [7, 11) is 1.68. The normalized spacial score (nSPS) is 14.4. The van der Waals surface area contributed by atoms with Crippen molar-refractivity contribution in [3.05, 3.63) is 23.3 Å². The van der Waals surface area contributed by atoms with Gasteiger partial charge in [0, 0.05) is 32.3 Å². The van der Waals surface area contributed by atoms with Gasteiger partial charge in [0.15, 0.2) is 0 Å². The van der Waals surface area contributed by atoms with E-state index in [9.17, 15) is 4.79 Å². The number of aryl methyl sites for hydroxylation is 1. The van der Waals surface area contributed by atoms with Crippen LogP contribution in [-0.2, 0) is 15.9 Å². The minimum atomic E-state index is -0.312. The van der Waals surface area contributed by atoms with E-state index in [1.54, 1.807) is 20.2 Å². The maximum atomic E-state index is 11.8. The Morgan fingerprint density at radius 1 is 1.47 bits per heavy atom. The lowest BCUT2D eigenvalue weighted by Gasteiger charge is -2.08. The third-order valence-corrected chi connectivity index (χ3v) is 3.08. The van der Waals surface area contributed by atoms with Crippen LogP contribution in [0.5, 0.6) is 0 Å². The summed E-state index contributed by atoms with van der Waals surface area (Å²) in [4.78, 5) is 20.6. The summed E-state index contributed by atoms with van der Waals surface area (Å²) in [5.74, 6) is 0.878. The van der Waals surface area contributed by atoms with E-state index >= 15 is 0 Å². The molecule has 1 aromatic heterocycles. The van der Waals surface area contributed by atoms with Crippen molar-refractivity contribution in [2.45, 2.75) is 38.5 Å². The molecule has 0 unspecified atom stereocenters. The molecule has 1 aliphatic carbocycles. The number of carbonyl (C=O) groups is 1. The Labute approximate surface area is 113 Å². The molecule has 0 aromatic carbocycles. The highest BCUT2D eigenvalue weighted by Gasteiger charge is 2.30. The lowest BCUT2D eigenvalue weighted by molar-refractivity contribution is 0.0523. The average Bonchev–Trinajstić information content (AvgIpc) is 3.23. The third kappa shape index (κ3) is 3.73. The molecule has 0 amide bonds. The van der Waals surface area contributed by atoms with Crippen LogP contribution in [0.25, 0.3) is 0 Å². The van der Waals surface area contributed by atoms with E-state index < -0.39 is 0 Å². The lowest BCUT2D eigenvalue weighted by atomic mass is 10.1. The van der Waals surface area contributed by atoms with Crippen LogP contribution in [0.3, 0.4) is 0 Å². The summed E-state index contributed by atoms with van der Waals surface area (Å²) in [6, 6.07) is 0. The van der Waals surface area contributed by atoms with E-state index in [1.165, 1.54) is 0 Å². The number of methoxy groups -OCH3 is 1. The van der Waals surface area contributed by atoms with Gasteiger partial charge >= 0.3 is 5.97 Å². The molecule has 0 aliphatic heterocycles. The molecule has 0 saturated heterocycles. The number of rotatable bonds is 7. The van der Waals surface area contributed by atoms with E-state index in [0.29, 0.717) is 24.7 Å². The first-order valence-electron chi connectivity index (χ1n) is 6.78. The van der Waals surface area contributed by atoms with Crippen LogP contribution in [0.15, 0.2) is 6.20 Å². The molecule has 0 radical (unpaired) electrons. The molecule has 19 heavy (non-hydrogen) atoms. The lowest BCUT2D eigenvalue weighted by Crippen LogP contribution is -2.12. The van der Waals surface area contributed by atoms with Gasteiger partial charge in [-0.3, -0.25) is 0 Å². The fraction of sp³-hybridized carbons (Fsp3) is 0.643. The van der Waals surface area contributed by atoms with Gasteiger partial charge in [-0.25, -0.2) is 14.8 Å². The molecule has 5 nitrogen and oxygen atoms in total. The fourth-order valence-corrected chi connectivity index (χ4v) is 1.96. The van der Waals surface area contributed by atoms with Crippen molar-refractivity contribution < 1.29 is 14.3 Å². The van der Waals surface area contributed by atoms with Crippen molar-refractivity contribution in [3.63, 3.8) is 0 Å². The summed E-state index contributed by atoms with van der Waals surface area (Å²) in [5.41, 5.74) is 1.39. The zero-order valence-electron chi connectivity index (χ0n) is 11.5. The highest BCUT2D eigenvalue weighted by Crippen LogP contribution is 2.40. The Morgan fingerprint density at radius 3 is 2.89 bits per heavy atom. The van der Waals surface area contributed by atoms with Gasteiger partial charge in [0.1, 0.15) is 5.82 Å². The smallest absolute Gasteiger partial charge is 0.341 e. The van der Waals surface area contributed by atoms with Crippen LogP contribution >= 0.6 is 0 Å². The molecule has 1 heterocycles. The van der Waals surface area contributed by atoms with E-state index in [0.717, 1.165) is 37.2 Å². The van der Waals surface area contributed by atoms with Crippen LogP contribution in [0.4, 0.5) is 0 Å². The topological polar surface area (TPSA) is 61.3 Å². The Balaban J connectivity index is 2.13. The molecule has 2 rings (SSSR count). The molecule has 1 aromatic rings. The Bertz CT molecular complexity index is 444. The number of carbonyl (C=O) groups excluding carboxylic acids is 1. The van der Waals surface area contributed by atoms with E-state index in [-0.39, 0.29) is 5.97 Å². The van der Waals surface area contributed by atoms with Crippen molar-refractivity contribution in [3.8, 4) is 0 Å². The van der Waals surface area contributed by atoms with Crippen LogP contribution in [0, 0.1) is 0 Å². The van der Waals surface area contributed by atoms with Gasteiger partial charge in [-0.15, -0.1) is 0 Å². The van der Waals surface area contributed by atoms with Crippen molar-refractivity contribution in [1.29, 1.82) is 0 Å².